The van der Waals surface area contributed by atoms with Gasteiger partial charge in [0.1, 0.15) is 12.6 Å². The number of carbonyl (C=O) groups is 3. The minimum absolute atomic E-state index is 0.0319. The number of nitrogens with zero attached hydrogens (tertiary/aromatic N) is 1. The van der Waals surface area contributed by atoms with Gasteiger partial charge in [0.05, 0.1) is 5.37 Å². The standard InChI is InChI=1S/C27H32N2O5S/c1-2-25-29(23(17-35-25)26(31)32)24(30)14-4-3-9-15-28-27(33)34-16-22-20-12-7-5-10-18(20)19-11-6-8-13-21(19)22/h5-8,10-13,22-23,25H,2-4,9,14-17H2,1H3,(H,28,33)(H,31,32). The number of amides is 2. The molecule has 1 heterocycles. The lowest BCUT2D eigenvalue weighted by Gasteiger charge is -2.26. The summed E-state index contributed by atoms with van der Waals surface area (Å²) in [5.74, 6) is -0.554. The van der Waals surface area contributed by atoms with E-state index in [2.05, 4.69) is 29.6 Å². The summed E-state index contributed by atoms with van der Waals surface area (Å²) in [7, 11) is 0. The number of ether oxygens (including phenoxy) is 1. The van der Waals surface area contributed by atoms with E-state index in [0.717, 1.165) is 19.3 Å². The van der Waals surface area contributed by atoms with Crippen molar-refractivity contribution in [2.75, 3.05) is 18.9 Å². The van der Waals surface area contributed by atoms with Crippen LogP contribution in [0.5, 0.6) is 0 Å². The molecule has 1 saturated heterocycles. The predicted molar refractivity (Wildman–Crippen MR) is 136 cm³/mol. The lowest BCUT2D eigenvalue weighted by Crippen LogP contribution is -2.45. The molecule has 35 heavy (non-hydrogen) atoms. The monoisotopic (exact) mass is 496 g/mol. The van der Waals surface area contributed by atoms with Crippen LogP contribution in [0.3, 0.4) is 0 Å². The molecule has 7 nitrogen and oxygen atoms in total. The van der Waals surface area contributed by atoms with Crippen molar-refractivity contribution in [2.24, 2.45) is 0 Å². The second-order valence-electron chi connectivity index (χ2n) is 8.91. The van der Waals surface area contributed by atoms with Gasteiger partial charge in [-0.1, -0.05) is 61.9 Å². The van der Waals surface area contributed by atoms with E-state index in [4.69, 9.17) is 4.74 Å². The van der Waals surface area contributed by atoms with E-state index in [-0.39, 0.29) is 23.8 Å². The van der Waals surface area contributed by atoms with Crippen molar-refractivity contribution in [3.8, 4) is 11.1 Å². The quantitative estimate of drug-likeness (QED) is 0.457. The number of nitrogens with one attached hydrogen (secondary N) is 1. The summed E-state index contributed by atoms with van der Waals surface area (Å²) < 4.78 is 5.54. The molecular weight excluding hydrogens is 464 g/mol. The Labute approximate surface area is 210 Å². The van der Waals surface area contributed by atoms with E-state index in [1.54, 1.807) is 4.90 Å². The van der Waals surface area contributed by atoms with Gasteiger partial charge in [0.25, 0.3) is 0 Å². The molecule has 2 aromatic rings. The number of fused-ring (bicyclic) bond motifs is 3. The van der Waals surface area contributed by atoms with Crippen molar-refractivity contribution < 1.29 is 24.2 Å². The summed E-state index contributed by atoms with van der Waals surface area (Å²) in [6.07, 6.45) is 2.79. The van der Waals surface area contributed by atoms with Gasteiger partial charge in [-0.3, -0.25) is 4.79 Å². The summed E-state index contributed by atoms with van der Waals surface area (Å²) in [6, 6.07) is 15.7. The normalized spacial score (nSPS) is 18.7. The van der Waals surface area contributed by atoms with Crippen molar-refractivity contribution in [2.45, 2.75) is 56.4 Å². The SMILES string of the molecule is CCC1SCC(C(=O)O)N1C(=O)CCCCCNC(=O)OCC1c2ccccc2-c2ccccc21. The van der Waals surface area contributed by atoms with E-state index in [1.807, 2.05) is 31.2 Å². The zero-order valence-electron chi connectivity index (χ0n) is 19.9. The Hall–Kier alpha value is -3.00. The minimum Gasteiger partial charge on any atom is -0.480 e. The number of rotatable bonds is 10. The molecule has 1 aliphatic carbocycles. The van der Waals surface area contributed by atoms with Crippen LogP contribution in [0.25, 0.3) is 11.1 Å². The van der Waals surface area contributed by atoms with Gasteiger partial charge >= 0.3 is 12.1 Å². The van der Waals surface area contributed by atoms with Crippen LogP contribution in [0.15, 0.2) is 48.5 Å². The van der Waals surface area contributed by atoms with Crippen molar-refractivity contribution in [3.63, 3.8) is 0 Å². The smallest absolute Gasteiger partial charge is 0.407 e. The maximum atomic E-state index is 12.6. The number of alkyl carbamates (subject to hydrolysis) is 1. The van der Waals surface area contributed by atoms with Gasteiger partial charge in [-0.05, 0) is 41.5 Å². The summed E-state index contributed by atoms with van der Waals surface area (Å²) in [6.45, 7) is 2.72. The molecule has 0 bridgehead atoms. The molecular formula is C27H32N2O5S. The zero-order valence-corrected chi connectivity index (χ0v) is 20.8. The van der Waals surface area contributed by atoms with Crippen LogP contribution in [0.1, 0.15) is 56.1 Å². The third kappa shape index (κ3) is 5.64. The van der Waals surface area contributed by atoms with Crippen LogP contribution in [0.2, 0.25) is 0 Å². The molecule has 1 fully saturated rings. The molecule has 2 aliphatic rings. The number of thioether (sulfide) groups is 1. The molecule has 0 saturated carbocycles. The topological polar surface area (TPSA) is 95.9 Å². The van der Waals surface area contributed by atoms with E-state index in [1.165, 1.54) is 34.0 Å². The van der Waals surface area contributed by atoms with Crippen molar-refractivity contribution in [1.29, 1.82) is 0 Å². The van der Waals surface area contributed by atoms with Crippen LogP contribution < -0.4 is 5.32 Å². The number of hydrogen-bond acceptors (Lipinski definition) is 5. The Morgan fingerprint density at radius 1 is 1.03 bits per heavy atom. The van der Waals surface area contributed by atoms with Gasteiger partial charge in [-0.25, -0.2) is 9.59 Å². The fourth-order valence-electron chi connectivity index (χ4n) is 4.95. The summed E-state index contributed by atoms with van der Waals surface area (Å²) >= 11 is 1.53. The molecule has 0 aromatic heterocycles. The van der Waals surface area contributed by atoms with Crippen LogP contribution >= 0.6 is 11.8 Å². The first kappa shape index (κ1) is 25.1. The Morgan fingerprint density at radius 2 is 1.69 bits per heavy atom. The molecule has 0 radical (unpaired) electrons. The Kier molecular flexibility index (Phi) is 8.33. The highest BCUT2D eigenvalue weighted by Crippen LogP contribution is 2.44. The first-order valence-corrected chi connectivity index (χ1v) is 13.3. The number of carboxylic acids is 1. The highest BCUT2D eigenvalue weighted by molar-refractivity contribution is 8.00. The third-order valence-corrected chi connectivity index (χ3v) is 8.15. The van der Waals surface area contributed by atoms with Crippen molar-refractivity contribution in [3.05, 3.63) is 59.7 Å². The average Bonchev–Trinajstić information content (AvgIpc) is 3.44. The molecule has 2 N–H and O–H groups in total. The fourth-order valence-corrected chi connectivity index (χ4v) is 6.32. The fraction of sp³-hybridized carbons (Fsp3) is 0.444. The second kappa shape index (κ2) is 11.6. The number of hydrogen-bond donors (Lipinski definition) is 2. The van der Waals surface area contributed by atoms with Gasteiger partial charge in [0.15, 0.2) is 0 Å². The second-order valence-corrected chi connectivity index (χ2v) is 10.1. The molecule has 0 spiro atoms. The molecule has 8 heteroatoms. The molecule has 2 amide bonds. The maximum absolute atomic E-state index is 12.6. The minimum atomic E-state index is -0.936. The van der Waals surface area contributed by atoms with E-state index >= 15 is 0 Å². The highest BCUT2D eigenvalue weighted by Gasteiger charge is 2.40. The van der Waals surface area contributed by atoms with Gasteiger partial charge in [-0.2, -0.15) is 0 Å². The molecule has 2 unspecified atom stereocenters. The number of carboxylic acid groups (broad SMARTS) is 1. The molecule has 4 rings (SSSR count). The Bertz CT molecular complexity index is 1030. The molecule has 186 valence electrons. The van der Waals surface area contributed by atoms with Crippen molar-refractivity contribution >= 4 is 29.7 Å². The molecule has 2 atom stereocenters. The zero-order chi connectivity index (χ0) is 24.8. The van der Waals surface area contributed by atoms with Crippen LogP contribution in [-0.2, 0) is 14.3 Å². The lowest BCUT2D eigenvalue weighted by molar-refractivity contribution is -0.149. The molecule has 2 aromatic carbocycles. The average molecular weight is 497 g/mol. The van der Waals surface area contributed by atoms with E-state index < -0.39 is 18.1 Å². The summed E-state index contributed by atoms with van der Waals surface area (Å²) in [5, 5.41) is 12.1. The molecule has 1 aliphatic heterocycles. The van der Waals surface area contributed by atoms with Crippen LogP contribution in [-0.4, -0.2) is 58.3 Å². The number of benzene rings is 2. The van der Waals surface area contributed by atoms with Gasteiger partial charge in [-0.15, -0.1) is 11.8 Å². The van der Waals surface area contributed by atoms with Gasteiger partial charge in [0.2, 0.25) is 5.91 Å². The van der Waals surface area contributed by atoms with Gasteiger partial charge in [0, 0.05) is 24.6 Å². The Morgan fingerprint density at radius 3 is 2.31 bits per heavy atom. The van der Waals surface area contributed by atoms with Crippen molar-refractivity contribution in [1.82, 2.24) is 10.2 Å². The van der Waals surface area contributed by atoms with E-state index in [0.29, 0.717) is 25.1 Å². The highest BCUT2D eigenvalue weighted by atomic mass is 32.2. The third-order valence-electron chi connectivity index (χ3n) is 6.70. The van der Waals surface area contributed by atoms with Gasteiger partial charge < -0.3 is 20.1 Å². The van der Waals surface area contributed by atoms with Crippen LogP contribution in [0, 0.1) is 0 Å². The lowest BCUT2D eigenvalue weighted by atomic mass is 9.98. The number of unbranched alkanes of at least 4 members (excludes halogenated alkanes) is 2. The number of aliphatic carboxylic acids is 1. The first-order chi connectivity index (χ1) is 17.0. The largest absolute Gasteiger partial charge is 0.480 e. The van der Waals surface area contributed by atoms with E-state index in [9.17, 15) is 19.5 Å². The maximum Gasteiger partial charge on any atom is 0.407 e. The predicted octanol–water partition coefficient (Wildman–Crippen LogP) is 4.85. The summed E-state index contributed by atoms with van der Waals surface area (Å²) in [5.41, 5.74) is 4.74. The Balaban J connectivity index is 1.16. The number of carbonyl (C=O) groups excluding carboxylic acids is 2. The summed E-state index contributed by atoms with van der Waals surface area (Å²) in [4.78, 5) is 37.9. The first-order valence-electron chi connectivity index (χ1n) is 12.3. The van der Waals surface area contributed by atoms with Crippen LogP contribution in [0.4, 0.5) is 4.79 Å².